The zero-order chi connectivity index (χ0) is 63.9. The summed E-state index contributed by atoms with van der Waals surface area (Å²) in [7, 11) is 0. The average molecular weight is 1260 g/mol. The maximum atomic E-state index is 12.9. The summed E-state index contributed by atoms with van der Waals surface area (Å²) >= 11 is 0. The van der Waals surface area contributed by atoms with Gasteiger partial charge in [-0.1, -0.05) is 53.2 Å². The molecule has 0 bridgehead atoms. The maximum Gasteiger partial charge on any atom is 0.187 e. The summed E-state index contributed by atoms with van der Waals surface area (Å²) in [5.74, 6) is -0.00702. The minimum absolute atomic E-state index is 0.0334. The summed E-state index contributed by atoms with van der Waals surface area (Å²) in [6, 6.07) is 0. The van der Waals surface area contributed by atoms with Crippen molar-refractivity contribution in [3.63, 3.8) is 0 Å². The van der Waals surface area contributed by atoms with Gasteiger partial charge in [0.2, 0.25) is 0 Å². The van der Waals surface area contributed by atoms with Crippen molar-refractivity contribution in [3.05, 3.63) is 11.6 Å². The van der Waals surface area contributed by atoms with Gasteiger partial charge in [0.05, 0.1) is 56.9 Å². The van der Waals surface area contributed by atoms with Crippen LogP contribution in [0.4, 0.5) is 0 Å². The molecule has 0 aromatic carbocycles. The first kappa shape index (κ1) is 69.9. The van der Waals surface area contributed by atoms with Gasteiger partial charge in [0.15, 0.2) is 31.5 Å². The molecule has 5 aliphatic heterocycles. The summed E-state index contributed by atoms with van der Waals surface area (Å²) in [5.41, 5.74) is -2.47. The molecular weight excluding hydrogens is 1160 g/mol. The molecule has 18 N–H and O–H groups in total. The molecule has 504 valence electrons. The first-order chi connectivity index (χ1) is 40.7. The van der Waals surface area contributed by atoms with Crippen molar-refractivity contribution >= 4 is 0 Å². The third-order valence-corrected chi connectivity index (χ3v) is 22.5. The van der Waals surface area contributed by atoms with Gasteiger partial charge in [0, 0.05) is 10.8 Å². The van der Waals surface area contributed by atoms with Crippen molar-refractivity contribution in [3.8, 4) is 0 Å². The van der Waals surface area contributed by atoms with Gasteiger partial charge >= 0.3 is 0 Å². The minimum atomic E-state index is -1.95. The monoisotopic (exact) mass is 1260 g/mol. The third kappa shape index (κ3) is 12.7. The fourth-order valence-corrected chi connectivity index (χ4v) is 16.8. The summed E-state index contributed by atoms with van der Waals surface area (Å²) in [5, 5.41) is 195. The highest BCUT2D eigenvalue weighted by molar-refractivity contribution is 5.32. The van der Waals surface area contributed by atoms with Crippen LogP contribution in [-0.4, -0.2) is 296 Å². The molecule has 28 heteroatoms. The van der Waals surface area contributed by atoms with E-state index in [0.717, 1.165) is 18.4 Å². The van der Waals surface area contributed by atoms with E-state index in [-0.39, 0.29) is 47.5 Å². The van der Waals surface area contributed by atoms with Crippen molar-refractivity contribution in [1.82, 2.24) is 0 Å². The molecule has 28 nitrogen and oxygen atoms in total. The molecule has 0 radical (unpaired) electrons. The molecule has 87 heavy (non-hydrogen) atoms. The Morgan fingerprint density at radius 1 is 0.563 bits per heavy atom. The maximum absolute atomic E-state index is 12.9. The molecule has 3 saturated carbocycles. The lowest BCUT2D eigenvalue weighted by molar-refractivity contribution is -0.380. The summed E-state index contributed by atoms with van der Waals surface area (Å²) in [4.78, 5) is 0. The van der Waals surface area contributed by atoms with Crippen LogP contribution in [0.1, 0.15) is 107 Å². The van der Waals surface area contributed by atoms with Crippen molar-refractivity contribution in [2.45, 2.75) is 278 Å². The van der Waals surface area contributed by atoms with Crippen LogP contribution in [0.5, 0.6) is 0 Å². The molecular formula is C59H100O28. The van der Waals surface area contributed by atoms with Crippen LogP contribution >= 0.6 is 0 Å². The normalized spacial score (nSPS) is 51.8. The first-order valence-corrected chi connectivity index (χ1v) is 31.0. The lowest BCUT2D eigenvalue weighted by atomic mass is 9.38. The predicted molar refractivity (Wildman–Crippen MR) is 294 cm³/mol. The van der Waals surface area contributed by atoms with Gasteiger partial charge in [-0.05, 0) is 99.7 Å². The number of fused-ring (bicyclic) bond motifs is 5. The molecule has 5 saturated heterocycles. The molecule has 5 heterocycles. The number of allylic oxidation sites excluding steroid dienone is 1. The van der Waals surface area contributed by atoms with E-state index in [0.29, 0.717) is 32.1 Å². The van der Waals surface area contributed by atoms with Gasteiger partial charge in [-0.25, -0.2) is 0 Å². The van der Waals surface area contributed by atoms with E-state index in [1.165, 1.54) is 13.8 Å². The molecule has 0 aromatic rings. The van der Waals surface area contributed by atoms with Gasteiger partial charge in [-0.2, -0.15) is 0 Å². The van der Waals surface area contributed by atoms with Crippen molar-refractivity contribution in [2.75, 3.05) is 33.0 Å². The molecule has 9 rings (SSSR count). The van der Waals surface area contributed by atoms with E-state index in [1.54, 1.807) is 0 Å². The van der Waals surface area contributed by atoms with E-state index in [4.69, 9.17) is 47.4 Å². The van der Waals surface area contributed by atoms with E-state index in [2.05, 4.69) is 47.6 Å². The number of ether oxygens (including phenoxy) is 10. The Balaban J connectivity index is 0.907. The molecule has 0 amide bonds. The zero-order valence-corrected chi connectivity index (χ0v) is 50.8. The highest BCUT2D eigenvalue weighted by Crippen LogP contribution is 2.75. The summed E-state index contributed by atoms with van der Waals surface area (Å²) in [6.45, 7) is 12.8. The number of rotatable bonds is 19. The fourth-order valence-electron chi connectivity index (χ4n) is 16.8. The standard InChI is InChI=1S/C59H100O28/c1-23(9-13-35(56(4,5)77)85-54-49(87-52-47(76)42(71)38(67)29(19-61)81-52)44(73)40(69)31(83-54)22-79-50-46(75)41(70)37(66)28(18-60)80-50)24-15-16-57(6)32-12-10-25-26(59(32,8)33(64)17-58(24,57)7)11-14-34(55(25,2)3)84-53-48(43(72)39(68)30(20-62)82-53)86-51-45(74)36(65)27(63)21-78-51/h10,23-24,26-54,60-77H,9,11-22H2,1-8H3. The Bertz CT molecular complexity index is 2290. The summed E-state index contributed by atoms with van der Waals surface area (Å²) < 4.78 is 59.9. The summed E-state index contributed by atoms with van der Waals surface area (Å²) in [6.07, 6.45) is -35.2. The van der Waals surface area contributed by atoms with Crippen LogP contribution in [-0.2, 0) is 47.4 Å². The van der Waals surface area contributed by atoms with Crippen LogP contribution < -0.4 is 0 Å². The van der Waals surface area contributed by atoms with Crippen molar-refractivity contribution < 1.29 is 139 Å². The average Bonchev–Trinajstić information content (AvgIpc) is 1.66. The predicted octanol–water partition coefficient (Wildman–Crippen LogP) is -4.77. The first-order valence-electron chi connectivity index (χ1n) is 31.0. The van der Waals surface area contributed by atoms with Crippen LogP contribution in [0.3, 0.4) is 0 Å². The van der Waals surface area contributed by atoms with Crippen LogP contribution in [0.25, 0.3) is 0 Å². The lowest BCUT2D eigenvalue weighted by Crippen LogP contribution is -2.65. The van der Waals surface area contributed by atoms with Gasteiger partial charge in [0.1, 0.15) is 116 Å². The van der Waals surface area contributed by atoms with Crippen molar-refractivity contribution in [2.24, 2.45) is 45.3 Å². The molecule has 8 fully saturated rings. The SMILES string of the molecule is CC(CCC(OC1OC(COC2OC(CO)C(O)C(O)C2O)C(O)C(O)C1OC1OC(CO)C(O)C(O)C1O)C(C)(C)O)C1CCC2(C)C3CC=C4C(CCC(OC5OC(CO)C(O)C(O)C5OC5OCC(O)C(O)C5O)C4(C)C)C3(C)C(O)CC12C. The van der Waals surface area contributed by atoms with E-state index in [1.807, 2.05) is 0 Å². The number of hydrogen-bond donors (Lipinski definition) is 18. The molecule has 34 atom stereocenters. The van der Waals surface area contributed by atoms with E-state index in [9.17, 15) is 91.9 Å². The molecule has 34 unspecified atom stereocenters. The second-order valence-electron chi connectivity index (χ2n) is 28.2. The van der Waals surface area contributed by atoms with E-state index < -0.39 is 209 Å². The third-order valence-electron chi connectivity index (χ3n) is 22.5. The Morgan fingerprint density at radius 2 is 1.08 bits per heavy atom. The Morgan fingerprint density at radius 3 is 1.68 bits per heavy atom. The number of aliphatic hydroxyl groups is 18. The van der Waals surface area contributed by atoms with Gasteiger partial charge in [0.25, 0.3) is 0 Å². The zero-order valence-electron chi connectivity index (χ0n) is 50.8. The Kier molecular flexibility index (Phi) is 21.5. The van der Waals surface area contributed by atoms with Crippen LogP contribution in [0.15, 0.2) is 11.6 Å². The van der Waals surface area contributed by atoms with E-state index >= 15 is 0 Å². The molecule has 0 aromatic heterocycles. The van der Waals surface area contributed by atoms with Gasteiger partial charge in [-0.15, -0.1) is 0 Å². The van der Waals surface area contributed by atoms with Crippen LogP contribution in [0.2, 0.25) is 0 Å². The Hall–Kier alpha value is -1.38. The molecule has 4 aliphatic carbocycles. The van der Waals surface area contributed by atoms with Gasteiger partial charge in [-0.3, -0.25) is 0 Å². The van der Waals surface area contributed by atoms with Crippen LogP contribution in [0, 0.1) is 45.3 Å². The number of aliphatic hydroxyl groups excluding tert-OH is 17. The Labute approximate surface area is 506 Å². The largest absolute Gasteiger partial charge is 0.394 e. The smallest absolute Gasteiger partial charge is 0.187 e. The highest BCUT2D eigenvalue weighted by atomic mass is 16.8. The molecule has 9 aliphatic rings. The van der Waals surface area contributed by atoms with Gasteiger partial charge < -0.3 is 139 Å². The van der Waals surface area contributed by atoms with Crippen molar-refractivity contribution in [1.29, 1.82) is 0 Å². The lowest BCUT2D eigenvalue weighted by Gasteiger charge is -2.67. The molecule has 0 spiro atoms. The second-order valence-corrected chi connectivity index (χ2v) is 28.2. The topological polar surface area (TPSA) is 456 Å². The second kappa shape index (κ2) is 26.8. The minimum Gasteiger partial charge on any atom is -0.394 e. The number of hydrogen-bond acceptors (Lipinski definition) is 28. The highest BCUT2D eigenvalue weighted by Gasteiger charge is 2.70. The quantitative estimate of drug-likeness (QED) is 0.0540. The fraction of sp³-hybridized carbons (Fsp3) is 0.966.